The van der Waals surface area contributed by atoms with Crippen LogP contribution in [0.1, 0.15) is 137 Å². The van der Waals surface area contributed by atoms with E-state index in [2.05, 4.69) is 107 Å². The SMILES string of the molecule is CC(C)(C)c1cc(C(=O)Oc2c(Cc3ccc4ccccc4c3OC(=O)c3cc(C(C)(C)C)cc(C(C)(C)C)c3)ccc3ccccc23)cc(C(C)(C)C)c1. The number of benzene rings is 6. The summed E-state index contributed by atoms with van der Waals surface area (Å²) < 4.78 is 12.9. The zero-order valence-corrected chi connectivity index (χ0v) is 34.7. The summed E-state index contributed by atoms with van der Waals surface area (Å²) in [5.74, 6) is 0.180. The highest BCUT2D eigenvalue weighted by molar-refractivity contribution is 5.98. The number of hydrogen-bond acceptors (Lipinski definition) is 4. The van der Waals surface area contributed by atoms with Gasteiger partial charge in [0.25, 0.3) is 0 Å². The van der Waals surface area contributed by atoms with Gasteiger partial charge in [-0.2, -0.15) is 0 Å². The fraction of sp³-hybridized carbons (Fsp3) is 0.333. The zero-order valence-electron chi connectivity index (χ0n) is 34.7. The Morgan fingerprint density at radius 2 is 0.727 bits per heavy atom. The number of hydrogen-bond donors (Lipinski definition) is 0. The standard InChI is InChI=1S/C51H56O4/c1-48(2,3)38-26-36(27-39(30-38)49(4,5)6)46(52)54-44-34(23-21-32-17-13-15-19-42(32)44)25-35-24-22-33-18-14-16-20-43(33)45(35)55-47(53)37-28-40(50(7,8)9)31-41(29-37)51(10,11)12/h13-24,26-31H,25H2,1-12H3. The van der Waals surface area contributed by atoms with Crippen LogP contribution in [-0.4, -0.2) is 11.9 Å². The second kappa shape index (κ2) is 14.5. The lowest BCUT2D eigenvalue weighted by molar-refractivity contribution is 0.0727. The molecule has 0 bridgehead atoms. The molecule has 0 radical (unpaired) electrons. The number of carbonyl (C=O) groups excluding carboxylic acids is 2. The molecule has 0 fully saturated rings. The lowest BCUT2D eigenvalue weighted by Crippen LogP contribution is -2.20. The van der Waals surface area contributed by atoms with Gasteiger partial charge in [0.2, 0.25) is 0 Å². The smallest absolute Gasteiger partial charge is 0.343 e. The average Bonchev–Trinajstić information content (AvgIpc) is 3.11. The molecule has 55 heavy (non-hydrogen) atoms. The Hall–Kier alpha value is -5.22. The summed E-state index contributed by atoms with van der Waals surface area (Å²) in [5, 5.41) is 3.60. The van der Waals surface area contributed by atoms with Crippen LogP contribution in [0.25, 0.3) is 21.5 Å². The van der Waals surface area contributed by atoms with Crippen molar-refractivity contribution in [2.75, 3.05) is 0 Å². The molecule has 0 aliphatic rings. The molecule has 4 heteroatoms. The summed E-state index contributed by atoms with van der Waals surface area (Å²) in [5.41, 5.74) is 6.34. The van der Waals surface area contributed by atoms with Gasteiger partial charge in [-0.15, -0.1) is 0 Å². The molecule has 284 valence electrons. The predicted molar refractivity (Wildman–Crippen MR) is 228 cm³/mol. The molecule has 0 atom stereocenters. The Labute approximate surface area is 327 Å². The molecule has 0 saturated heterocycles. The van der Waals surface area contributed by atoms with Gasteiger partial charge in [0.15, 0.2) is 0 Å². The molecular formula is C51H56O4. The lowest BCUT2D eigenvalue weighted by Gasteiger charge is -2.26. The van der Waals surface area contributed by atoms with Crippen LogP contribution in [0.5, 0.6) is 11.5 Å². The highest BCUT2D eigenvalue weighted by Gasteiger charge is 2.26. The van der Waals surface area contributed by atoms with Crippen LogP contribution in [-0.2, 0) is 28.1 Å². The van der Waals surface area contributed by atoms with E-state index in [1.807, 2.05) is 84.9 Å². The first-order chi connectivity index (χ1) is 25.6. The monoisotopic (exact) mass is 732 g/mol. The molecule has 0 amide bonds. The van der Waals surface area contributed by atoms with Crippen molar-refractivity contribution in [3.05, 3.63) is 154 Å². The molecule has 6 aromatic carbocycles. The van der Waals surface area contributed by atoms with Crippen molar-refractivity contribution in [3.63, 3.8) is 0 Å². The molecule has 0 unspecified atom stereocenters. The van der Waals surface area contributed by atoms with Crippen LogP contribution in [0.4, 0.5) is 0 Å². The predicted octanol–water partition coefficient (Wildman–Crippen LogP) is 13.2. The third-order valence-electron chi connectivity index (χ3n) is 10.5. The first kappa shape index (κ1) is 39.5. The van der Waals surface area contributed by atoms with Gasteiger partial charge in [-0.05, 0) is 79.0 Å². The molecule has 0 heterocycles. The van der Waals surface area contributed by atoms with Gasteiger partial charge in [-0.25, -0.2) is 9.59 Å². The minimum Gasteiger partial charge on any atom is -0.422 e. The fourth-order valence-electron chi connectivity index (χ4n) is 6.83. The van der Waals surface area contributed by atoms with Gasteiger partial charge in [-0.3, -0.25) is 0 Å². The van der Waals surface area contributed by atoms with Crippen LogP contribution in [0.3, 0.4) is 0 Å². The van der Waals surface area contributed by atoms with Gasteiger partial charge in [-0.1, -0.05) is 168 Å². The van der Waals surface area contributed by atoms with Crippen molar-refractivity contribution in [3.8, 4) is 11.5 Å². The quantitative estimate of drug-likeness (QED) is 0.126. The first-order valence-corrected chi connectivity index (χ1v) is 19.4. The van der Waals surface area contributed by atoms with Crippen molar-refractivity contribution in [2.45, 2.75) is 111 Å². The van der Waals surface area contributed by atoms with Crippen LogP contribution < -0.4 is 9.47 Å². The highest BCUT2D eigenvalue weighted by atomic mass is 16.5. The van der Waals surface area contributed by atoms with Crippen molar-refractivity contribution in [2.24, 2.45) is 0 Å². The second-order valence-electron chi connectivity index (χ2n) is 19.1. The van der Waals surface area contributed by atoms with Crippen LogP contribution >= 0.6 is 0 Å². The second-order valence-corrected chi connectivity index (χ2v) is 19.1. The molecular weight excluding hydrogens is 677 g/mol. The largest absolute Gasteiger partial charge is 0.422 e. The molecule has 0 N–H and O–H groups in total. The third kappa shape index (κ3) is 8.70. The topological polar surface area (TPSA) is 52.6 Å². The van der Waals surface area contributed by atoms with E-state index in [9.17, 15) is 9.59 Å². The number of esters is 2. The Bertz CT molecular complexity index is 2180. The zero-order chi connectivity index (χ0) is 40.1. The molecule has 0 spiro atoms. The van der Waals surface area contributed by atoms with Crippen molar-refractivity contribution in [1.29, 1.82) is 0 Å². The molecule has 4 nitrogen and oxygen atoms in total. The third-order valence-corrected chi connectivity index (χ3v) is 10.5. The summed E-state index contributed by atoms with van der Waals surface area (Å²) in [6.07, 6.45) is 0.367. The van der Waals surface area contributed by atoms with Crippen LogP contribution in [0, 0.1) is 0 Å². The summed E-state index contributed by atoms with van der Waals surface area (Å²) in [6.45, 7) is 25.9. The molecule has 0 aliphatic carbocycles. The molecule has 6 aromatic rings. The molecule has 0 aliphatic heterocycles. The van der Waals surface area contributed by atoms with Gasteiger partial charge in [0.1, 0.15) is 11.5 Å². The number of rotatable bonds is 6. The van der Waals surface area contributed by atoms with E-state index < -0.39 is 11.9 Å². The van der Waals surface area contributed by atoms with Gasteiger partial charge < -0.3 is 9.47 Å². The van der Waals surface area contributed by atoms with Crippen LogP contribution in [0.2, 0.25) is 0 Å². The lowest BCUT2D eigenvalue weighted by atomic mass is 9.79. The molecule has 0 aromatic heterocycles. The van der Waals surface area contributed by atoms with E-state index in [0.717, 1.165) is 54.9 Å². The maximum atomic E-state index is 14.3. The molecule has 6 rings (SSSR count). The van der Waals surface area contributed by atoms with Crippen molar-refractivity contribution >= 4 is 33.5 Å². The Morgan fingerprint density at radius 1 is 0.418 bits per heavy atom. The maximum Gasteiger partial charge on any atom is 0.343 e. The van der Waals surface area contributed by atoms with Gasteiger partial charge in [0.05, 0.1) is 11.1 Å². The normalized spacial score (nSPS) is 12.6. The Morgan fingerprint density at radius 3 is 1.04 bits per heavy atom. The van der Waals surface area contributed by atoms with E-state index >= 15 is 0 Å². The van der Waals surface area contributed by atoms with E-state index in [-0.39, 0.29) is 21.7 Å². The minimum absolute atomic E-state index is 0.160. The van der Waals surface area contributed by atoms with E-state index in [0.29, 0.717) is 29.0 Å². The van der Waals surface area contributed by atoms with Crippen molar-refractivity contribution in [1.82, 2.24) is 0 Å². The molecule has 0 saturated carbocycles. The Kier molecular flexibility index (Phi) is 10.4. The van der Waals surface area contributed by atoms with Gasteiger partial charge >= 0.3 is 11.9 Å². The summed E-state index contributed by atoms with van der Waals surface area (Å²) >= 11 is 0. The number of carbonyl (C=O) groups is 2. The van der Waals surface area contributed by atoms with E-state index in [1.165, 1.54) is 0 Å². The summed E-state index contributed by atoms with van der Waals surface area (Å²) in [6, 6.07) is 36.3. The average molecular weight is 733 g/mol. The van der Waals surface area contributed by atoms with E-state index in [1.54, 1.807) is 0 Å². The first-order valence-electron chi connectivity index (χ1n) is 19.4. The summed E-state index contributed by atoms with van der Waals surface area (Å²) in [7, 11) is 0. The maximum absolute atomic E-state index is 14.3. The summed E-state index contributed by atoms with van der Waals surface area (Å²) in [4.78, 5) is 28.5. The van der Waals surface area contributed by atoms with Crippen molar-refractivity contribution < 1.29 is 19.1 Å². The Balaban J connectivity index is 1.45. The minimum atomic E-state index is -0.409. The van der Waals surface area contributed by atoms with Gasteiger partial charge in [0, 0.05) is 28.3 Å². The fourth-order valence-corrected chi connectivity index (χ4v) is 6.83. The van der Waals surface area contributed by atoms with E-state index in [4.69, 9.17) is 9.47 Å². The van der Waals surface area contributed by atoms with Crippen LogP contribution in [0.15, 0.2) is 109 Å². The number of ether oxygens (including phenoxy) is 2. The highest BCUT2D eigenvalue weighted by Crippen LogP contribution is 2.39. The number of fused-ring (bicyclic) bond motifs is 2.